The van der Waals surface area contributed by atoms with Crippen LogP contribution in [-0.4, -0.2) is 44.0 Å². The second kappa shape index (κ2) is 11.2. The second-order valence-electron chi connectivity index (χ2n) is 5.46. The summed E-state index contributed by atoms with van der Waals surface area (Å²) < 4.78 is 32.2. The molecule has 0 spiro atoms. The number of guanidine groups is 1. The van der Waals surface area contributed by atoms with Gasteiger partial charge in [0, 0.05) is 32.0 Å². The summed E-state index contributed by atoms with van der Waals surface area (Å²) in [4.78, 5) is 12.6. The predicted molar refractivity (Wildman–Crippen MR) is 114 cm³/mol. The summed E-state index contributed by atoms with van der Waals surface area (Å²) in [5.41, 5.74) is 0.845. The van der Waals surface area contributed by atoms with Gasteiger partial charge in [-0.05, 0) is 32.9 Å². The Bertz CT molecular complexity index is 820. The highest BCUT2D eigenvalue weighted by Crippen LogP contribution is 2.08. The number of aryl methyl sites for hydroxylation is 2. The van der Waals surface area contributed by atoms with Crippen molar-refractivity contribution in [3.8, 4) is 0 Å². The zero-order valence-electron chi connectivity index (χ0n) is 15.5. The summed E-state index contributed by atoms with van der Waals surface area (Å²) in [6, 6.07) is 3.07. The van der Waals surface area contributed by atoms with E-state index in [0.29, 0.717) is 31.5 Å². The van der Waals surface area contributed by atoms with E-state index in [1.54, 1.807) is 6.07 Å². The number of hydrogen-bond acceptors (Lipinski definition) is 6. The lowest BCUT2D eigenvalue weighted by Crippen LogP contribution is -2.41. The van der Waals surface area contributed by atoms with Crippen LogP contribution in [0.25, 0.3) is 0 Å². The summed E-state index contributed by atoms with van der Waals surface area (Å²) in [6.45, 7) is 7.23. The summed E-state index contributed by atoms with van der Waals surface area (Å²) in [6.07, 6.45) is 2.83. The topological polar surface area (TPSA) is 122 Å². The van der Waals surface area contributed by atoms with Crippen LogP contribution in [0.4, 0.5) is 0 Å². The van der Waals surface area contributed by atoms with Crippen LogP contribution in [0.15, 0.2) is 38.8 Å². The van der Waals surface area contributed by atoms with Crippen molar-refractivity contribution in [2.45, 2.75) is 32.2 Å². The molecule has 150 valence electrons. The van der Waals surface area contributed by atoms with Crippen LogP contribution in [0.2, 0.25) is 0 Å². The number of aliphatic imine (C=N–C) groups is 1. The van der Waals surface area contributed by atoms with Gasteiger partial charge in [-0.25, -0.2) is 23.1 Å². The molecule has 27 heavy (non-hydrogen) atoms. The number of aromatic nitrogens is 2. The molecule has 0 bridgehead atoms. The fourth-order valence-corrected chi connectivity index (χ4v) is 3.05. The molecular formula is C16H25IN6O3S. The summed E-state index contributed by atoms with van der Waals surface area (Å²) in [7, 11) is -3.57. The van der Waals surface area contributed by atoms with Gasteiger partial charge < -0.3 is 15.1 Å². The summed E-state index contributed by atoms with van der Waals surface area (Å²) in [5.74, 6) is 1.87. The molecular weight excluding hydrogens is 483 g/mol. The van der Waals surface area contributed by atoms with E-state index >= 15 is 0 Å². The van der Waals surface area contributed by atoms with Gasteiger partial charge in [-0.15, -0.1) is 24.0 Å². The van der Waals surface area contributed by atoms with E-state index < -0.39 is 10.0 Å². The Labute approximate surface area is 176 Å². The first kappa shape index (κ1) is 23.3. The summed E-state index contributed by atoms with van der Waals surface area (Å²) >= 11 is 0. The fraction of sp³-hybridized carbons (Fsp3) is 0.438. The van der Waals surface area contributed by atoms with Gasteiger partial charge in [-0.1, -0.05) is 0 Å². The molecule has 0 amide bonds. The van der Waals surface area contributed by atoms with Gasteiger partial charge >= 0.3 is 0 Å². The molecule has 0 saturated heterocycles. The molecule has 0 aliphatic rings. The maximum absolute atomic E-state index is 12.1. The minimum Gasteiger partial charge on any atom is -0.444 e. The quantitative estimate of drug-likeness (QED) is 0.213. The van der Waals surface area contributed by atoms with Crippen molar-refractivity contribution < 1.29 is 12.8 Å². The van der Waals surface area contributed by atoms with Gasteiger partial charge in [0.05, 0.1) is 5.69 Å². The zero-order chi connectivity index (χ0) is 19.0. The van der Waals surface area contributed by atoms with E-state index in [1.807, 2.05) is 20.8 Å². The van der Waals surface area contributed by atoms with E-state index in [0.717, 1.165) is 11.5 Å². The van der Waals surface area contributed by atoms with Gasteiger partial charge in [-0.3, -0.25) is 4.98 Å². The fourth-order valence-electron chi connectivity index (χ4n) is 2.05. The van der Waals surface area contributed by atoms with Crippen LogP contribution in [0.1, 0.15) is 24.3 Å². The van der Waals surface area contributed by atoms with E-state index in [2.05, 4.69) is 30.3 Å². The summed E-state index contributed by atoms with van der Waals surface area (Å²) in [5, 5.41) is 6.15. The smallest absolute Gasteiger partial charge is 0.242 e. The van der Waals surface area contributed by atoms with Crippen molar-refractivity contribution >= 4 is 40.0 Å². The predicted octanol–water partition coefficient (Wildman–Crippen LogP) is 1.34. The highest BCUT2D eigenvalue weighted by atomic mass is 127. The standard InChI is InChI=1S/C16H24N6O3S.HI/c1-4-18-16(20-11-15-22-12(2)13(3)25-15)19-8-9-21-26(23,24)14-6-5-7-17-10-14;/h5-7,10,21H,4,8-9,11H2,1-3H3,(H2,18,19,20);1H. The van der Waals surface area contributed by atoms with Crippen molar-refractivity contribution in [3.63, 3.8) is 0 Å². The molecule has 3 N–H and O–H groups in total. The molecule has 0 aliphatic carbocycles. The Morgan fingerprint density at radius 2 is 2.04 bits per heavy atom. The third-order valence-corrected chi connectivity index (χ3v) is 4.89. The molecule has 11 heteroatoms. The molecule has 0 radical (unpaired) electrons. The molecule has 2 heterocycles. The maximum atomic E-state index is 12.1. The number of pyridine rings is 1. The van der Waals surface area contributed by atoms with Crippen molar-refractivity contribution in [3.05, 3.63) is 41.9 Å². The van der Waals surface area contributed by atoms with Crippen LogP contribution in [0.5, 0.6) is 0 Å². The molecule has 2 aromatic rings. The normalized spacial score (nSPS) is 11.7. The molecule has 2 aromatic heterocycles. The molecule has 0 unspecified atom stereocenters. The average Bonchev–Trinajstić information content (AvgIpc) is 2.95. The van der Waals surface area contributed by atoms with E-state index in [9.17, 15) is 8.42 Å². The highest BCUT2D eigenvalue weighted by Gasteiger charge is 2.12. The van der Waals surface area contributed by atoms with Crippen molar-refractivity contribution in [1.82, 2.24) is 25.3 Å². The monoisotopic (exact) mass is 508 g/mol. The Kier molecular flexibility index (Phi) is 9.66. The Morgan fingerprint density at radius 3 is 2.63 bits per heavy atom. The minimum absolute atomic E-state index is 0. The van der Waals surface area contributed by atoms with Gasteiger partial charge in [-0.2, -0.15) is 0 Å². The second-order valence-corrected chi connectivity index (χ2v) is 7.22. The lowest BCUT2D eigenvalue weighted by molar-refractivity contribution is 0.473. The highest BCUT2D eigenvalue weighted by molar-refractivity contribution is 14.0. The maximum Gasteiger partial charge on any atom is 0.242 e. The zero-order valence-corrected chi connectivity index (χ0v) is 18.7. The third kappa shape index (κ3) is 7.42. The van der Waals surface area contributed by atoms with Gasteiger partial charge in [0.25, 0.3) is 0 Å². The average molecular weight is 508 g/mol. The largest absolute Gasteiger partial charge is 0.444 e. The van der Waals surface area contributed by atoms with Gasteiger partial charge in [0.15, 0.2) is 5.96 Å². The Morgan fingerprint density at radius 1 is 1.26 bits per heavy atom. The number of halogens is 1. The lowest BCUT2D eigenvalue weighted by atomic mass is 10.4. The molecule has 2 rings (SSSR count). The number of hydrogen-bond donors (Lipinski definition) is 3. The van der Waals surface area contributed by atoms with Gasteiger partial charge in [0.2, 0.25) is 15.9 Å². The number of sulfonamides is 1. The van der Waals surface area contributed by atoms with Crippen molar-refractivity contribution in [2.75, 3.05) is 19.6 Å². The first-order valence-electron chi connectivity index (χ1n) is 8.27. The van der Waals surface area contributed by atoms with E-state index in [1.165, 1.54) is 18.5 Å². The lowest BCUT2D eigenvalue weighted by Gasteiger charge is -2.11. The van der Waals surface area contributed by atoms with E-state index in [-0.39, 0.29) is 35.4 Å². The SMILES string of the molecule is CCNC(=NCc1nc(C)c(C)o1)NCCNS(=O)(=O)c1cccnc1.I. The minimum atomic E-state index is -3.57. The van der Waals surface area contributed by atoms with Crippen LogP contribution >= 0.6 is 24.0 Å². The third-order valence-electron chi connectivity index (χ3n) is 3.44. The number of oxazole rings is 1. The number of nitrogens with zero attached hydrogens (tertiary/aromatic N) is 3. The Balaban J connectivity index is 0.00000364. The molecule has 9 nitrogen and oxygen atoms in total. The van der Waals surface area contributed by atoms with Crippen LogP contribution in [0.3, 0.4) is 0 Å². The molecule has 0 aliphatic heterocycles. The van der Waals surface area contributed by atoms with Crippen molar-refractivity contribution in [2.24, 2.45) is 4.99 Å². The number of rotatable bonds is 8. The van der Waals surface area contributed by atoms with Gasteiger partial charge in [0.1, 0.15) is 17.2 Å². The first-order chi connectivity index (χ1) is 12.4. The molecule has 0 fully saturated rings. The molecule has 0 aromatic carbocycles. The number of nitrogens with one attached hydrogen (secondary N) is 3. The molecule has 0 atom stereocenters. The first-order valence-corrected chi connectivity index (χ1v) is 9.75. The molecule has 0 saturated carbocycles. The Hall–Kier alpha value is -1.73. The van der Waals surface area contributed by atoms with Crippen LogP contribution in [0, 0.1) is 13.8 Å². The van der Waals surface area contributed by atoms with E-state index in [4.69, 9.17) is 4.42 Å². The van der Waals surface area contributed by atoms with Crippen LogP contribution in [-0.2, 0) is 16.6 Å². The van der Waals surface area contributed by atoms with Crippen LogP contribution < -0.4 is 15.4 Å². The van der Waals surface area contributed by atoms with Crippen molar-refractivity contribution in [1.29, 1.82) is 0 Å².